The Hall–Kier alpha value is -0.730. The smallest absolute Gasteiger partial charge is 0.279 e. The number of nitrogens with one attached hydrogen (secondary N) is 1. The van der Waals surface area contributed by atoms with E-state index in [1.165, 1.54) is 32.1 Å². The first-order valence-corrected chi connectivity index (χ1v) is 5.73. The van der Waals surface area contributed by atoms with Gasteiger partial charge in [-0.05, 0) is 55.8 Å². The van der Waals surface area contributed by atoms with Crippen molar-refractivity contribution >= 4 is 6.02 Å². The summed E-state index contributed by atoms with van der Waals surface area (Å²) in [5.74, 6) is 3.33. The Balaban J connectivity index is 1.77. The van der Waals surface area contributed by atoms with E-state index in [9.17, 15) is 0 Å². The topological polar surface area (TPSA) is 59.1 Å². The molecule has 3 nitrogen and oxygen atoms in total. The van der Waals surface area contributed by atoms with Crippen LogP contribution in [0.3, 0.4) is 0 Å². The summed E-state index contributed by atoms with van der Waals surface area (Å²) < 4.78 is 5.49. The molecule has 0 aromatic heterocycles. The molecular weight excluding hydrogens is 176 g/mol. The maximum Gasteiger partial charge on any atom is 0.279 e. The SMILES string of the molecule is N=C(N)OC1C2CC3CC(C2)CC1C3. The van der Waals surface area contributed by atoms with Gasteiger partial charge < -0.3 is 10.5 Å². The number of amidine groups is 1. The first kappa shape index (κ1) is 8.57. The predicted octanol–water partition coefficient (Wildman–Crippen LogP) is 1.72. The zero-order chi connectivity index (χ0) is 9.71. The third kappa shape index (κ3) is 1.22. The number of hydrogen-bond acceptors (Lipinski definition) is 2. The first-order chi connectivity index (χ1) is 6.72. The fraction of sp³-hybridized carbons (Fsp3) is 0.909. The number of nitrogens with two attached hydrogens (primary N) is 1. The predicted molar refractivity (Wildman–Crippen MR) is 53.8 cm³/mol. The lowest BCUT2D eigenvalue weighted by molar-refractivity contribution is -0.0857. The fourth-order valence-electron chi connectivity index (χ4n) is 4.21. The summed E-state index contributed by atoms with van der Waals surface area (Å²) >= 11 is 0. The van der Waals surface area contributed by atoms with Crippen LogP contribution < -0.4 is 5.73 Å². The van der Waals surface area contributed by atoms with E-state index in [1.807, 2.05) is 0 Å². The van der Waals surface area contributed by atoms with Gasteiger partial charge in [0.05, 0.1) is 0 Å². The van der Waals surface area contributed by atoms with Gasteiger partial charge in [0.15, 0.2) is 0 Å². The third-order valence-corrected chi connectivity index (χ3v) is 4.40. The van der Waals surface area contributed by atoms with Gasteiger partial charge in [-0.3, -0.25) is 5.41 Å². The fourth-order valence-corrected chi connectivity index (χ4v) is 4.21. The van der Waals surface area contributed by atoms with Crippen LogP contribution in [0.5, 0.6) is 0 Å². The molecule has 14 heavy (non-hydrogen) atoms. The monoisotopic (exact) mass is 194 g/mol. The van der Waals surface area contributed by atoms with Crippen molar-refractivity contribution in [3.05, 3.63) is 0 Å². The standard InChI is InChI=1S/C11H18N2O/c12-11(13)14-10-8-2-6-1-7(4-8)5-9(10)3-6/h6-10H,1-5H2,(H3,12,13). The summed E-state index contributed by atoms with van der Waals surface area (Å²) in [5, 5.41) is 7.23. The average Bonchev–Trinajstić information content (AvgIpc) is 2.09. The molecule has 4 saturated carbocycles. The van der Waals surface area contributed by atoms with Crippen molar-refractivity contribution in [1.82, 2.24) is 0 Å². The van der Waals surface area contributed by atoms with Crippen LogP contribution in [0.1, 0.15) is 32.1 Å². The Morgan fingerprint density at radius 3 is 1.93 bits per heavy atom. The first-order valence-electron chi connectivity index (χ1n) is 5.73. The van der Waals surface area contributed by atoms with Gasteiger partial charge in [-0.15, -0.1) is 0 Å². The molecule has 0 aromatic carbocycles. The summed E-state index contributed by atoms with van der Waals surface area (Å²) in [6.07, 6.45) is 7.03. The lowest BCUT2D eigenvalue weighted by Gasteiger charge is -2.53. The van der Waals surface area contributed by atoms with Gasteiger partial charge >= 0.3 is 0 Å². The minimum absolute atomic E-state index is 0.0810. The van der Waals surface area contributed by atoms with E-state index in [0.29, 0.717) is 11.8 Å². The Kier molecular flexibility index (Phi) is 1.76. The summed E-state index contributed by atoms with van der Waals surface area (Å²) in [7, 11) is 0. The van der Waals surface area contributed by atoms with E-state index >= 15 is 0 Å². The van der Waals surface area contributed by atoms with Gasteiger partial charge in [0.1, 0.15) is 6.10 Å². The van der Waals surface area contributed by atoms with Crippen molar-refractivity contribution < 1.29 is 4.74 Å². The lowest BCUT2D eigenvalue weighted by Crippen LogP contribution is -2.50. The summed E-state index contributed by atoms with van der Waals surface area (Å²) in [6.45, 7) is 0. The molecule has 0 unspecified atom stereocenters. The highest BCUT2D eigenvalue weighted by molar-refractivity contribution is 5.67. The third-order valence-electron chi connectivity index (χ3n) is 4.40. The van der Waals surface area contributed by atoms with E-state index in [0.717, 1.165) is 11.8 Å². The molecule has 4 bridgehead atoms. The highest BCUT2D eigenvalue weighted by atomic mass is 16.5. The average molecular weight is 194 g/mol. The molecule has 78 valence electrons. The van der Waals surface area contributed by atoms with Crippen molar-refractivity contribution in [2.24, 2.45) is 29.4 Å². The quantitative estimate of drug-likeness (QED) is 0.493. The zero-order valence-corrected chi connectivity index (χ0v) is 8.41. The highest BCUT2D eigenvalue weighted by Crippen LogP contribution is 2.54. The van der Waals surface area contributed by atoms with Crippen LogP contribution in [0.25, 0.3) is 0 Å². The summed E-state index contributed by atoms with van der Waals surface area (Å²) in [5.41, 5.74) is 5.33. The van der Waals surface area contributed by atoms with Gasteiger partial charge in [-0.2, -0.15) is 0 Å². The van der Waals surface area contributed by atoms with Gasteiger partial charge in [-0.1, -0.05) is 0 Å². The molecule has 0 aliphatic heterocycles. The van der Waals surface area contributed by atoms with Crippen LogP contribution in [0.4, 0.5) is 0 Å². The van der Waals surface area contributed by atoms with E-state index in [-0.39, 0.29) is 12.1 Å². The molecule has 4 fully saturated rings. The Labute approximate surface area is 84.5 Å². The molecular formula is C11H18N2O. The van der Waals surface area contributed by atoms with Crippen LogP contribution in [0, 0.1) is 29.1 Å². The molecule has 0 amide bonds. The maximum absolute atomic E-state index is 7.23. The van der Waals surface area contributed by atoms with Gasteiger partial charge in [0.25, 0.3) is 6.02 Å². The van der Waals surface area contributed by atoms with Crippen LogP contribution in [-0.2, 0) is 4.74 Å². The number of ether oxygens (including phenoxy) is 1. The van der Waals surface area contributed by atoms with Crippen molar-refractivity contribution in [2.75, 3.05) is 0 Å². The molecule has 0 saturated heterocycles. The maximum atomic E-state index is 7.23. The normalized spacial score (nSPS) is 49.3. The number of rotatable bonds is 1. The summed E-state index contributed by atoms with van der Waals surface area (Å²) in [6, 6.07) is -0.0810. The van der Waals surface area contributed by atoms with Crippen LogP contribution in [0.15, 0.2) is 0 Å². The second kappa shape index (κ2) is 2.88. The van der Waals surface area contributed by atoms with Crippen LogP contribution >= 0.6 is 0 Å². The lowest BCUT2D eigenvalue weighted by atomic mass is 9.55. The highest BCUT2D eigenvalue weighted by Gasteiger charge is 2.49. The molecule has 0 spiro atoms. The molecule has 4 aliphatic carbocycles. The van der Waals surface area contributed by atoms with E-state index < -0.39 is 0 Å². The Morgan fingerprint density at radius 2 is 1.50 bits per heavy atom. The van der Waals surface area contributed by atoms with Crippen LogP contribution in [-0.4, -0.2) is 12.1 Å². The second-order valence-electron chi connectivity index (χ2n) is 5.38. The van der Waals surface area contributed by atoms with Crippen molar-refractivity contribution in [3.63, 3.8) is 0 Å². The van der Waals surface area contributed by atoms with Crippen molar-refractivity contribution in [1.29, 1.82) is 5.41 Å². The molecule has 4 rings (SSSR count). The number of hydrogen-bond donors (Lipinski definition) is 2. The summed E-state index contributed by atoms with van der Waals surface area (Å²) in [4.78, 5) is 0. The van der Waals surface area contributed by atoms with E-state index in [2.05, 4.69) is 0 Å². The second-order valence-corrected chi connectivity index (χ2v) is 5.38. The van der Waals surface area contributed by atoms with Gasteiger partial charge in [-0.25, -0.2) is 0 Å². The largest absolute Gasteiger partial charge is 0.462 e. The van der Waals surface area contributed by atoms with Gasteiger partial charge in [0, 0.05) is 0 Å². The molecule has 3 heteroatoms. The molecule has 4 aliphatic rings. The van der Waals surface area contributed by atoms with Crippen LogP contribution in [0.2, 0.25) is 0 Å². The molecule has 0 aromatic rings. The molecule has 0 atom stereocenters. The van der Waals surface area contributed by atoms with Crippen molar-refractivity contribution in [2.45, 2.75) is 38.2 Å². The molecule has 3 N–H and O–H groups in total. The Bertz CT molecular complexity index is 236. The molecule has 0 heterocycles. The van der Waals surface area contributed by atoms with Gasteiger partial charge in [0.2, 0.25) is 0 Å². The molecule has 0 radical (unpaired) electrons. The Morgan fingerprint density at radius 1 is 1.00 bits per heavy atom. The van der Waals surface area contributed by atoms with E-state index in [4.69, 9.17) is 15.9 Å². The minimum atomic E-state index is -0.0810. The van der Waals surface area contributed by atoms with E-state index in [1.54, 1.807) is 0 Å². The minimum Gasteiger partial charge on any atom is -0.462 e. The zero-order valence-electron chi connectivity index (χ0n) is 8.41. The van der Waals surface area contributed by atoms with Crippen molar-refractivity contribution in [3.8, 4) is 0 Å².